The molecular formula is C17H20N2O3S. The maximum absolute atomic E-state index is 5.41. The summed E-state index contributed by atoms with van der Waals surface area (Å²) in [5, 5.41) is 6.77. The molecule has 0 aliphatic rings. The maximum atomic E-state index is 5.41. The van der Waals surface area contributed by atoms with Gasteiger partial charge in [-0.25, -0.2) is 0 Å². The topological polar surface area (TPSA) is 51.8 Å². The van der Waals surface area contributed by atoms with Crippen molar-refractivity contribution >= 4 is 23.0 Å². The second kappa shape index (κ2) is 8.24. The standard InChI is InChI=1S/C17H20N2O3S/c1-20-14-9-5-4-8-13(14)19-17(23)18-11-12-7-6-10-15(21-2)16(12)22-3/h4-10H,11H2,1-3H3,(H2,18,19,23). The molecule has 0 saturated carbocycles. The lowest BCUT2D eigenvalue weighted by Gasteiger charge is -2.15. The summed E-state index contributed by atoms with van der Waals surface area (Å²) in [6.07, 6.45) is 0. The Morgan fingerprint density at radius 1 is 0.913 bits per heavy atom. The lowest BCUT2D eigenvalue weighted by Crippen LogP contribution is -2.28. The molecule has 2 aromatic rings. The van der Waals surface area contributed by atoms with Gasteiger partial charge in [-0.15, -0.1) is 0 Å². The molecule has 23 heavy (non-hydrogen) atoms. The highest BCUT2D eigenvalue weighted by Gasteiger charge is 2.10. The summed E-state index contributed by atoms with van der Waals surface area (Å²) in [4.78, 5) is 0. The van der Waals surface area contributed by atoms with E-state index in [4.69, 9.17) is 26.4 Å². The first-order valence-corrected chi connectivity index (χ1v) is 7.48. The average molecular weight is 332 g/mol. The highest BCUT2D eigenvalue weighted by atomic mass is 32.1. The van der Waals surface area contributed by atoms with Crippen molar-refractivity contribution in [2.45, 2.75) is 6.54 Å². The molecule has 122 valence electrons. The van der Waals surface area contributed by atoms with E-state index in [9.17, 15) is 0 Å². The van der Waals surface area contributed by atoms with Crippen LogP contribution in [0.3, 0.4) is 0 Å². The Morgan fingerprint density at radius 2 is 1.61 bits per heavy atom. The summed E-state index contributed by atoms with van der Waals surface area (Å²) in [5.41, 5.74) is 1.76. The van der Waals surface area contributed by atoms with Crippen LogP contribution in [-0.4, -0.2) is 26.4 Å². The van der Waals surface area contributed by atoms with Crippen molar-refractivity contribution in [1.29, 1.82) is 0 Å². The molecule has 0 bridgehead atoms. The van der Waals surface area contributed by atoms with Gasteiger partial charge in [0.15, 0.2) is 16.6 Å². The normalized spacial score (nSPS) is 9.87. The van der Waals surface area contributed by atoms with Crippen LogP contribution < -0.4 is 24.8 Å². The summed E-state index contributed by atoms with van der Waals surface area (Å²) in [6.45, 7) is 0.515. The van der Waals surface area contributed by atoms with Crippen molar-refractivity contribution in [2.24, 2.45) is 0 Å². The van der Waals surface area contributed by atoms with Crippen LogP contribution in [0.25, 0.3) is 0 Å². The lowest BCUT2D eigenvalue weighted by molar-refractivity contribution is 0.351. The zero-order valence-corrected chi connectivity index (χ0v) is 14.2. The Morgan fingerprint density at radius 3 is 2.30 bits per heavy atom. The minimum atomic E-state index is 0.499. The Bertz CT molecular complexity index is 677. The van der Waals surface area contributed by atoms with Gasteiger partial charge in [0, 0.05) is 12.1 Å². The molecule has 0 atom stereocenters. The number of nitrogens with one attached hydrogen (secondary N) is 2. The average Bonchev–Trinajstić information content (AvgIpc) is 2.59. The van der Waals surface area contributed by atoms with Crippen LogP contribution in [0.2, 0.25) is 0 Å². The first-order chi connectivity index (χ1) is 11.2. The van der Waals surface area contributed by atoms with Crippen molar-refractivity contribution in [3.63, 3.8) is 0 Å². The largest absolute Gasteiger partial charge is 0.495 e. The molecule has 2 rings (SSSR count). The molecule has 0 radical (unpaired) electrons. The highest BCUT2D eigenvalue weighted by molar-refractivity contribution is 7.80. The van der Waals surface area contributed by atoms with Crippen LogP contribution >= 0.6 is 12.2 Å². The van der Waals surface area contributed by atoms with E-state index in [-0.39, 0.29) is 0 Å². The number of rotatable bonds is 6. The molecule has 0 fully saturated rings. The number of anilines is 1. The molecule has 6 heteroatoms. The van der Waals surface area contributed by atoms with Gasteiger partial charge in [-0.2, -0.15) is 0 Å². The fourth-order valence-corrected chi connectivity index (χ4v) is 2.36. The van der Waals surface area contributed by atoms with Crippen molar-refractivity contribution in [3.05, 3.63) is 48.0 Å². The van der Waals surface area contributed by atoms with E-state index in [0.717, 1.165) is 17.0 Å². The van der Waals surface area contributed by atoms with E-state index >= 15 is 0 Å². The molecule has 0 saturated heterocycles. The summed E-state index contributed by atoms with van der Waals surface area (Å²) < 4.78 is 16.0. The van der Waals surface area contributed by atoms with Gasteiger partial charge in [0.05, 0.1) is 27.0 Å². The van der Waals surface area contributed by atoms with Gasteiger partial charge in [-0.05, 0) is 30.4 Å². The summed E-state index contributed by atoms with van der Waals surface area (Å²) in [6, 6.07) is 13.3. The number of methoxy groups -OCH3 is 3. The predicted octanol–water partition coefficient (Wildman–Crippen LogP) is 3.20. The molecule has 0 aromatic heterocycles. The Kier molecular flexibility index (Phi) is 6.05. The SMILES string of the molecule is COc1ccccc1NC(=S)NCc1cccc(OC)c1OC. The van der Waals surface area contributed by atoms with E-state index in [1.807, 2.05) is 42.5 Å². The molecule has 0 heterocycles. The van der Waals surface area contributed by atoms with Gasteiger partial charge in [-0.3, -0.25) is 0 Å². The van der Waals surface area contributed by atoms with Gasteiger partial charge in [0.1, 0.15) is 5.75 Å². The smallest absolute Gasteiger partial charge is 0.171 e. The third-order valence-electron chi connectivity index (χ3n) is 3.28. The fourth-order valence-electron chi connectivity index (χ4n) is 2.18. The van der Waals surface area contributed by atoms with E-state index in [0.29, 0.717) is 23.2 Å². The Balaban J connectivity index is 2.02. The number of hydrogen-bond donors (Lipinski definition) is 2. The van der Waals surface area contributed by atoms with Crippen LogP contribution in [0.5, 0.6) is 17.2 Å². The minimum absolute atomic E-state index is 0.499. The molecule has 0 aliphatic carbocycles. The molecule has 5 nitrogen and oxygen atoms in total. The molecule has 0 aliphatic heterocycles. The van der Waals surface area contributed by atoms with Gasteiger partial charge in [-0.1, -0.05) is 24.3 Å². The second-order valence-electron chi connectivity index (χ2n) is 4.66. The number of ether oxygens (including phenoxy) is 3. The van der Waals surface area contributed by atoms with Crippen LogP contribution in [0.15, 0.2) is 42.5 Å². The van der Waals surface area contributed by atoms with E-state index in [1.165, 1.54) is 0 Å². The lowest BCUT2D eigenvalue weighted by atomic mass is 10.2. The van der Waals surface area contributed by atoms with Crippen LogP contribution in [0.4, 0.5) is 5.69 Å². The van der Waals surface area contributed by atoms with E-state index in [1.54, 1.807) is 21.3 Å². The monoisotopic (exact) mass is 332 g/mol. The molecule has 2 N–H and O–H groups in total. The second-order valence-corrected chi connectivity index (χ2v) is 5.07. The number of para-hydroxylation sites is 3. The van der Waals surface area contributed by atoms with Crippen LogP contribution in [0.1, 0.15) is 5.56 Å². The first-order valence-electron chi connectivity index (χ1n) is 7.07. The third kappa shape index (κ3) is 4.26. The highest BCUT2D eigenvalue weighted by Crippen LogP contribution is 2.30. The molecule has 2 aromatic carbocycles. The number of thiocarbonyl (C=S) groups is 1. The van der Waals surface area contributed by atoms with Gasteiger partial charge < -0.3 is 24.8 Å². The number of hydrogen-bond acceptors (Lipinski definition) is 4. The predicted molar refractivity (Wildman–Crippen MR) is 95.6 cm³/mol. The zero-order chi connectivity index (χ0) is 16.7. The summed E-state index contributed by atoms with van der Waals surface area (Å²) >= 11 is 5.33. The third-order valence-corrected chi connectivity index (χ3v) is 3.53. The summed E-state index contributed by atoms with van der Waals surface area (Å²) in [7, 11) is 4.85. The zero-order valence-electron chi connectivity index (χ0n) is 13.4. The van der Waals surface area contributed by atoms with Gasteiger partial charge in [0.2, 0.25) is 0 Å². The van der Waals surface area contributed by atoms with Crippen molar-refractivity contribution in [3.8, 4) is 17.2 Å². The van der Waals surface area contributed by atoms with E-state index < -0.39 is 0 Å². The van der Waals surface area contributed by atoms with Gasteiger partial charge in [0.25, 0.3) is 0 Å². The molecule has 0 unspecified atom stereocenters. The minimum Gasteiger partial charge on any atom is -0.495 e. The Hall–Kier alpha value is -2.47. The molecule has 0 spiro atoms. The van der Waals surface area contributed by atoms with Gasteiger partial charge >= 0.3 is 0 Å². The van der Waals surface area contributed by atoms with Crippen molar-refractivity contribution in [2.75, 3.05) is 26.6 Å². The fraction of sp³-hybridized carbons (Fsp3) is 0.235. The summed E-state index contributed by atoms with van der Waals surface area (Å²) in [5.74, 6) is 2.12. The van der Waals surface area contributed by atoms with Crippen LogP contribution in [0, 0.1) is 0 Å². The Labute approximate surface area is 141 Å². The quantitative estimate of drug-likeness (QED) is 0.792. The van der Waals surface area contributed by atoms with Crippen LogP contribution in [-0.2, 0) is 6.54 Å². The molecular weight excluding hydrogens is 312 g/mol. The van der Waals surface area contributed by atoms with E-state index in [2.05, 4.69) is 10.6 Å². The number of benzene rings is 2. The van der Waals surface area contributed by atoms with Crippen molar-refractivity contribution < 1.29 is 14.2 Å². The maximum Gasteiger partial charge on any atom is 0.171 e. The molecule has 0 amide bonds. The van der Waals surface area contributed by atoms with Crippen molar-refractivity contribution in [1.82, 2.24) is 5.32 Å². The first kappa shape index (κ1) is 16.9.